The third-order valence-electron chi connectivity index (χ3n) is 3.80. The zero-order chi connectivity index (χ0) is 21.1. The average molecular weight is 416 g/mol. The van der Waals surface area contributed by atoms with Crippen molar-refractivity contribution in [1.82, 2.24) is 14.9 Å². The van der Waals surface area contributed by atoms with Crippen LogP contribution in [0.4, 0.5) is 11.4 Å². The number of hydrogen-bond donors (Lipinski definition) is 2. The number of hydrogen-bond acceptors (Lipinski definition) is 9. The molecule has 0 aliphatic carbocycles. The summed E-state index contributed by atoms with van der Waals surface area (Å²) in [7, 11) is 1.26. The van der Waals surface area contributed by atoms with E-state index in [1.54, 1.807) is 0 Å². The second kappa shape index (κ2) is 7.85. The van der Waals surface area contributed by atoms with Gasteiger partial charge in [-0.1, -0.05) is 0 Å². The molecule has 29 heavy (non-hydrogen) atoms. The summed E-state index contributed by atoms with van der Waals surface area (Å²) >= 11 is 5.14. The lowest BCUT2D eigenvalue weighted by molar-refractivity contribution is -0.386. The molecule has 0 aliphatic rings. The Kier molecular flexibility index (Phi) is 5.32. The van der Waals surface area contributed by atoms with Gasteiger partial charge >= 0.3 is 5.69 Å². The van der Waals surface area contributed by atoms with E-state index in [4.69, 9.17) is 17.0 Å². The van der Waals surface area contributed by atoms with Gasteiger partial charge in [-0.25, -0.2) is 5.10 Å². The van der Waals surface area contributed by atoms with Gasteiger partial charge in [0.05, 0.1) is 23.2 Å². The number of methoxy groups -OCH3 is 1. The Morgan fingerprint density at radius 3 is 2.52 bits per heavy atom. The van der Waals surface area contributed by atoms with Gasteiger partial charge in [0.25, 0.3) is 5.69 Å². The molecule has 12 nitrogen and oxygen atoms in total. The van der Waals surface area contributed by atoms with Crippen molar-refractivity contribution in [2.45, 2.75) is 0 Å². The standard InChI is InChI=1S/C16H12N6O6S/c1-28-13-7-9(6-12(14(13)23)22(26)27)8-17-20-15(18-19-16(20)29)10-2-4-11(5-3-10)21(24)25/h2-8,23H,1H3,(H,19,29). The minimum Gasteiger partial charge on any atom is -0.500 e. The predicted molar refractivity (Wildman–Crippen MR) is 104 cm³/mol. The van der Waals surface area contributed by atoms with Crippen LogP contribution in [-0.4, -0.2) is 43.2 Å². The van der Waals surface area contributed by atoms with Crippen LogP contribution in [0.25, 0.3) is 11.4 Å². The molecule has 0 unspecified atom stereocenters. The fraction of sp³-hybridized carbons (Fsp3) is 0.0625. The van der Waals surface area contributed by atoms with Crippen molar-refractivity contribution in [3.63, 3.8) is 0 Å². The minimum absolute atomic E-state index is 0.0820. The topological polar surface area (TPSA) is 162 Å². The van der Waals surface area contributed by atoms with Gasteiger partial charge in [-0.3, -0.25) is 20.2 Å². The van der Waals surface area contributed by atoms with Crippen molar-refractivity contribution >= 4 is 29.8 Å². The lowest BCUT2D eigenvalue weighted by Gasteiger charge is -2.05. The van der Waals surface area contributed by atoms with Crippen LogP contribution >= 0.6 is 12.2 Å². The number of nitrogens with zero attached hydrogens (tertiary/aromatic N) is 5. The molecule has 148 valence electrons. The molecule has 13 heteroatoms. The number of nitrogens with one attached hydrogen (secondary N) is 1. The lowest BCUT2D eigenvalue weighted by atomic mass is 10.2. The summed E-state index contributed by atoms with van der Waals surface area (Å²) < 4.78 is 6.33. The minimum atomic E-state index is -0.749. The largest absolute Gasteiger partial charge is 0.500 e. The highest BCUT2D eigenvalue weighted by Crippen LogP contribution is 2.36. The molecule has 1 aromatic heterocycles. The van der Waals surface area contributed by atoms with Crippen molar-refractivity contribution in [3.05, 3.63) is 67.0 Å². The highest BCUT2D eigenvalue weighted by atomic mass is 32.1. The number of aromatic amines is 1. The van der Waals surface area contributed by atoms with Crippen LogP contribution < -0.4 is 4.74 Å². The molecule has 0 radical (unpaired) electrons. The first-order valence-corrected chi connectivity index (χ1v) is 8.24. The Balaban J connectivity index is 2.02. The fourth-order valence-electron chi connectivity index (χ4n) is 2.43. The van der Waals surface area contributed by atoms with Crippen LogP contribution in [0.1, 0.15) is 5.56 Å². The molecule has 2 aromatic carbocycles. The van der Waals surface area contributed by atoms with Crippen LogP contribution in [-0.2, 0) is 0 Å². The molecule has 0 bridgehead atoms. The van der Waals surface area contributed by atoms with Gasteiger partial charge in [-0.05, 0) is 30.4 Å². The zero-order valence-electron chi connectivity index (χ0n) is 14.7. The van der Waals surface area contributed by atoms with E-state index in [0.29, 0.717) is 5.56 Å². The molecule has 0 aliphatic heterocycles. The summed E-state index contributed by atoms with van der Waals surface area (Å²) in [6.07, 6.45) is 1.27. The van der Waals surface area contributed by atoms with Gasteiger partial charge in [0, 0.05) is 29.3 Å². The van der Waals surface area contributed by atoms with Crippen LogP contribution in [0.15, 0.2) is 41.5 Å². The summed E-state index contributed by atoms with van der Waals surface area (Å²) in [6.45, 7) is 0. The molecule has 0 amide bonds. The molecule has 0 saturated heterocycles. The Labute approximate surface area is 167 Å². The van der Waals surface area contributed by atoms with E-state index in [-0.39, 0.29) is 27.6 Å². The molecule has 3 rings (SSSR count). The number of phenols is 1. The number of non-ortho nitro benzene ring substituents is 1. The second-order valence-electron chi connectivity index (χ2n) is 5.56. The summed E-state index contributed by atoms with van der Waals surface area (Å²) in [5.74, 6) is -0.408. The van der Waals surface area contributed by atoms with Crippen LogP contribution in [0, 0.1) is 25.0 Å². The maximum absolute atomic E-state index is 11.1. The van der Waals surface area contributed by atoms with E-state index < -0.39 is 21.3 Å². The highest BCUT2D eigenvalue weighted by molar-refractivity contribution is 7.71. The smallest absolute Gasteiger partial charge is 0.315 e. The third-order valence-corrected chi connectivity index (χ3v) is 4.07. The molecule has 2 N–H and O–H groups in total. The van der Waals surface area contributed by atoms with Gasteiger partial charge in [-0.2, -0.15) is 14.9 Å². The first-order valence-electron chi connectivity index (χ1n) is 7.83. The monoisotopic (exact) mass is 416 g/mol. The highest BCUT2D eigenvalue weighted by Gasteiger charge is 2.19. The SMILES string of the molecule is COc1cc(C=Nn2c(-c3ccc([N+](=O)[O-])cc3)n[nH]c2=S)cc([N+](=O)[O-])c1O. The van der Waals surface area contributed by atoms with Gasteiger partial charge in [0.15, 0.2) is 11.6 Å². The van der Waals surface area contributed by atoms with E-state index in [9.17, 15) is 25.3 Å². The Bertz CT molecular complexity index is 1180. The van der Waals surface area contributed by atoms with Gasteiger partial charge < -0.3 is 9.84 Å². The number of phenolic OH excluding ortho intramolecular Hbond substituents is 1. The zero-order valence-corrected chi connectivity index (χ0v) is 15.5. The molecule has 3 aromatic rings. The molecular formula is C16H12N6O6S. The first kappa shape index (κ1) is 19.6. The number of nitro groups is 2. The van der Waals surface area contributed by atoms with Gasteiger partial charge in [0.2, 0.25) is 10.5 Å². The molecular weight excluding hydrogens is 404 g/mol. The molecule has 0 fully saturated rings. The van der Waals surface area contributed by atoms with E-state index in [0.717, 1.165) is 6.07 Å². The lowest BCUT2D eigenvalue weighted by Crippen LogP contribution is -1.97. The number of aromatic nitrogens is 3. The van der Waals surface area contributed by atoms with Crippen molar-refractivity contribution in [1.29, 1.82) is 0 Å². The average Bonchev–Trinajstić information content (AvgIpc) is 3.07. The van der Waals surface area contributed by atoms with Crippen molar-refractivity contribution in [2.24, 2.45) is 5.10 Å². The maximum Gasteiger partial charge on any atom is 0.315 e. The molecule has 0 spiro atoms. The molecule has 1 heterocycles. The summed E-state index contributed by atoms with van der Waals surface area (Å²) in [4.78, 5) is 20.6. The quantitative estimate of drug-likeness (QED) is 0.268. The fourth-order valence-corrected chi connectivity index (χ4v) is 2.60. The molecule has 0 saturated carbocycles. The number of nitro benzene ring substituents is 2. The van der Waals surface area contributed by atoms with Crippen LogP contribution in [0.3, 0.4) is 0 Å². The number of benzene rings is 2. The summed E-state index contributed by atoms with van der Waals surface area (Å²) in [6, 6.07) is 8.09. The van der Waals surface area contributed by atoms with Gasteiger partial charge in [0.1, 0.15) is 0 Å². The van der Waals surface area contributed by atoms with Crippen LogP contribution in [0.5, 0.6) is 11.5 Å². The predicted octanol–water partition coefficient (Wildman–Crippen LogP) is 3.02. The second-order valence-corrected chi connectivity index (χ2v) is 5.95. The summed E-state index contributed by atoms with van der Waals surface area (Å²) in [5.41, 5.74) is 0.150. The van der Waals surface area contributed by atoms with Crippen molar-refractivity contribution in [2.75, 3.05) is 7.11 Å². The number of H-pyrrole nitrogens is 1. The normalized spacial score (nSPS) is 10.9. The Morgan fingerprint density at radius 1 is 1.24 bits per heavy atom. The van der Waals surface area contributed by atoms with E-state index in [1.807, 2.05) is 0 Å². The first-order chi connectivity index (χ1) is 13.8. The third kappa shape index (κ3) is 3.93. The Morgan fingerprint density at radius 2 is 1.93 bits per heavy atom. The number of ether oxygens (including phenoxy) is 1. The van der Waals surface area contributed by atoms with Gasteiger partial charge in [-0.15, -0.1) is 0 Å². The summed E-state index contributed by atoms with van der Waals surface area (Å²) in [5, 5.41) is 42.5. The van der Waals surface area contributed by atoms with Crippen LogP contribution in [0.2, 0.25) is 0 Å². The van der Waals surface area contributed by atoms with E-state index in [1.165, 1.54) is 48.3 Å². The number of rotatable bonds is 6. The number of aromatic hydroxyl groups is 1. The van der Waals surface area contributed by atoms with E-state index in [2.05, 4.69) is 15.3 Å². The van der Waals surface area contributed by atoms with Crippen molar-refractivity contribution in [3.8, 4) is 22.9 Å². The Hall–Kier alpha value is -4.13. The van der Waals surface area contributed by atoms with E-state index >= 15 is 0 Å². The maximum atomic E-state index is 11.1. The molecule has 0 atom stereocenters. The van der Waals surface area contributed by atoms with Crippen molar-refractivity contribution < 1.29 is 19.7 Å².